The first kappa shape index (κ1) is 16.3. The second kappa shape index (κ2) is 5.22. The summed E-state index contributed by atoms with van der Waals surface area (Å²) in [5.41, 5.74) is 2.72. The molecule has 2 aliphatic rings. The third-order valence-corrected chi connectivity index (χ3v) is 6.46. The molecule has 1 saturated heterocycles. The summed E-state index contributed by atoms with van der Waals surface area (Å²) in [4.78, 5) is 6.16. The summed E-state index contributed by atoms with van der Waals surface area (Å²) in [5, 5.41) is 2.99. The van der Waals surface area contributed by atoms with Gasteiger partial charge in [-0.05, 0) is 62.1 Å². The Balaban J connectivity index is 2.01. The van der Waals surface area contributed by atoms with E-state index in [1.807, 2.05) is 6.07 Å². The Morgan fingerprint density at radius 2 is 1.91 bits per heavy atom. The van der Waals surface area contributed by atoms with Crippen molar-refractivity contribution < 1.29 is 4.84 Å². The number of hydroxylamine groups is 2. The van der Waals surface area contributed by atoms with Crippen LogP contribution in [0, 0.1) is 18.8 Å². The summed E-state index contributed by atoms with van der Waals surface area (Å²) in [6.45, 7) is 11.4. The maximum absolute atomic E-state index is 6.39. The summed E-state index contributed by atoms with van der Waals surface area (Å²) in [6.07, 6.45) is 2.33. The molecule has 1 aliphatic heterocycles. The molecule has 0 spiro atoms. The van der Waals surface area contributed by atoms with Gasteiger partial charge in [-0.3, -0.25) is 4.84 Å². The number of halogens is 1. The molecule has 1 aliphatic carbocycles. The molecule has 122 valence electrons. The highest BCUT2D eigenvalue weighted by atomic mass is 35.5. The Labute approximate surface area is 139 Å². The van der Waals surface area contributed by atoms with E-state index in [9.17, 15) is 0 Å². The lowest BCUT2D eigenvalue weighted by Gasteiger charge is -2.47. The highest BCUT2D eigenvalue weighted by Gasteiger charge is 2.55. The fourth-order valence-corrected chi connectivity index (χ4v) is 5.34. The molecule has 0 aromatic heterocycles. The van der Waals surface area contributed by atoms with Crippen LogP contribution in [0.3, 0.4) is 0 Å². The minimum atomic E-state index is -0.0954. The Hall–Kier alpha value is -0.570. The molecule has 0 N–H and O–H groups in total. The molecule has 1 saturated carbocycles. The van der Waals surface area contributed by atoms with E-state index < -0.39 is 0 Å². The van der Waals surface area contributed by atoms with Gasteiger partial charge in [0.2, 0.25) is 0 Å². The van der Waals surface area contributed by atoms with E-state index >= 15 is 0 Å². The van der Waals surface area contributed by atoms with Gasteiger partial charge in [0, 0.05) is 24.0 Å². The Morgan fingerprint density at radius 3 is 2.59 bits per heavy atom. The maximum Gasteiger partial charge on any atom is 0.0887 e. The van der Waals surface area contributed by atoms with Crippen LogP contribution in [0.5, 0.6) is 0 Å². The minimum Gasteiger partial charge on any atom is -0.293 e. The van der Waals surface area contributed by atoms with Gasteiger partial charge in [-0.2, -0.15) is 5.06 Å². The van der Waals surface area contributed by atoms with Crippen molar-refractivity contribution in [3.05, 3.63) is 34.3 Å². The Morgan fingerprint density at radius 1 is 1.23 bits per heavy atom. The smallest absolute Gasteiger partial charge is 0.0887 e. The molecular formula is C19H28ClNO. The molecule has 3 rings (SSSR count). The van der Waals surface area contributed by atoms with Gasteiger partial charge < -0.3 is 0 Å². The standard InChI is InChI=1S/C19H28ClNO/c1-12-10-19(5,14-8-7-9-16(20)13(14)2)11-15-17(12)21(6)22-18(15,3)4/h7-9,12,15,17H,10-11H2,1-6H3/t12-,15-,17-,19-/m1/s1. The van der Waals surface area contributed by atoms with Gasteiger partial charge in [-0.1, -0.05) is 37.6 Å². The molecule has 1 aromatic carbocycles. The largest absolute Gasteiger partial charge is 0.293 e. The van der Waals surface area contributed by atoms with Crippen LogP contribution >= 0.6 is 11.6 Å². The third-order valence-electron chi connectivity index (χ3n) is 6.05. The maximum atomic E-state index is 6.39. The lowest BCUT2D eigenvalue weighted by atomic mass is 9.58. The summed E-state index contributed by atoms with van der Waals surface area (Å²) in [5.74, 6) is 1.15. The molecule has 1 aromatic rings. The van der Waals surface area contributed by atoms with Gasteiger partial charge in [-0.15, -0.1) is 0 Å². The molecular weight excluding hydrogens is 294 g/mol. The number of rotatable bonds is 1. The van der Waals surface area contributed by atoms with E-state index in [1.54, 1.807) is 0 Å². The quantitative estimate of drug-likeness (QED) is 0.723. The van der Waals surface area contributed by atoms with E-state index in [0.717, 1.165) is 11.4 Å². The van der Waals surface area contributed by atoms with Gasteiger partial charge in [-0.25, -0.2) is 0 Å². The van der Waals surface area contributed by atoms with Gasteiger partial charge in [0.05, 0.1) is 5.60 Å². The fraction of sp³-hybridized carbons (Fsp3) is 0.684. The van der Waals surface area contributed by atoms with Crippen molar-refractivity contribution in [2.24, 2.45) is 11.8 Å². The number of nitrogens with zero attached hydrogens (tertiary/aromatic N) is 1. The predicted octanol–water partition coefficient (Wildman–Crippen LogP) is 4.98. The summed E-state index contributed by atoms with van der Waals surface area (Å²) >= 11 is 6.39. The van der Waals surface area contributed by atoms with Crippen LogP contribution in [0.4, 0.5) is 0 Å². The van der Waals surface area contributed by atoms with E-state index in [-0.39, 0.29) is 11.0 Å². The predicted molar refractivity (Wildman–Crippen MR) is 92.1 cm³/mol. The molecule has 2 nitrogen and oxygen atoms in total. The van der Waals surface area contributed by atoms with Crippen LogP contribution in [0.25, 0.3) is 0 Å². The number of fused-ring (bicyclic) bond motifs is 1. The Bertz CT molecular complexity index is 585. The normalized spacial score (nSPS) is 38.0. The van der Waals surface area contributed by atoms with Crippen molar-refractivity contribution in [2.75, 3.05) is 7.05 Å². The van der Waals surface area contributed by atoms with Crippen LogP contribution in [0.2, 0.25) is 5.02 Å². The lowest BCUT2D eigenvalue weighted by Crippen LogP contribution is -2.48. The summed E-state index contributed by atoms with van der Waals surface area (Å²) < 4.78 is 0. The minimum absolute atomic E-state index is 0.0954. The monoisotopic (exact) mass is 321 g/mol. The van der Waals surface area contributed by atoms with Gasteiger partial charge in [0.15, 0.2) is 0 Å². The van der Waals surface area contributed by atoms with E-state index in [0.29, 0.717) is 17.9 Å². The van der Waals surface area contributed by atoms with Crippen LogP contribution < -0.4 is 0 Å². The molecule has 4 atom stereocenters. The first-order valence-electron chi connectivity index (χ1n) is 8.33. The topological polar surface area (TPSA) is 12.5 Å². The Kier molecular flexibility index (Phi) is 3.87. The summed E-state index contributed by atoms with van der Waals surface area (Å²) in [7, 11) is 2.09. The third kappa shape index (κ3) is 2.40. The average Bonchev–Trinajstić information content (AvgIpc) is 2.62. The van der Waals surface area contributed by atoms with Crippen LogP contribution in [-0.4, -0.2) is 23.8 Å². The average molecular weight is 322 g/mol. The second-order valence-electron chi connectivity index (χ2n) is 8.20. The SMILES string of the molecule is Cc1c(Cl)cccc1[C@]1(C)C[C@@H](C)[C@@H]2[C@@H](C1)C(C)(C)ON2C. The fourth-order valence-electron chi connectivity index (χ4n) is 5.17. The van der Waals surface area contributed by atoms with E-state index in [1.165, 1.54) is 17.5 Å². The van der Waals surface area contributed by atoms with Crippen molar-refractivity contribution in [1.82, 2.24) is 5.06 Å². The molecule has 3 heteroatoms. The van der Waals surface area contributed by atoms with Crippen molar-refractivity contribution in [3.8, 4) is 0 Å². The zero-order chi connectivity index (χ0) is 16.3. The molecule has 0 amide bonds. The van der Waals surface area contributed by atoms with Crippen molar-refractivity contribution >= 4 is 11.6 Å². The van der Waals surface area contributed by atoms with Gasteiger partial charge in [0.25, 0.3) is 0 Å². The van der Waals surface area contributed by atoms with Crippen molar-refractivity contribution in [3.63, 3.8) is 0 Å². The first-order valence-corrected chi connectivity index (χ1v) is 8.71. The summed E-state index contributed by atoms with van der Waals surface area (Å²) in [6, 6.07) is 6.87. The van der Waals surface area contributed by atoms with Crippen molar-refractivity contribution in [1.29, 1.82) is 0 Å². The molecule has 2 fully saturated rings. The first-order chi connectivity index (χ1) is 10.2. The molecule has 1 heterocycles. The number of hydrogen-bond donors (Lipinski definition) is 0. The van der Waals surface area contributed by atoms with Crippen LogP contribution in [0.15, 0.2) is 18.2 Å². The molecule has 0 bridgehead atoms. The molecule has 0 unspecified atom stereocenters. The van der Waals surface area contributed by atoms with Crippen LogP contribution in [-0.2, 0) is 10.3 Å². The van der Waals surface area contributed by atoms with E-state index in [2.05, 4.69) is 58.9 Å². The van der Waals surface area contributed by atoms with E-state index in [4.69, 9.17) is 16.4 Å². The highest BCUT2D eigenvalue weighted by molar-refractivity contribution is 6.31. The van der Waals surface area contributed by atoms with Crippen molar-refractivity contribution in [2.45, 2.75) is 64.5 Å². The molecule has 22 heavy (non-hydrogen) atoms. The lowest BCUT2D eigenvalue weighted by molar-refractivity contribution is -0.182. The van der Waals surface area contributed by atoms with Crippen LogP contribution in [0.1, 0.15) is 51.7 Å². The second-order valence-corrected chi connectivity index (χ2v) is 8.60. The highest BCUT2D eigenvalue weighted by Crippen LogP contribution is 2.53. The molecule has 0 radical (unpaired) electrons. The number of benzene rings is 1. The number of hydrogen-bond acceptors (Lipinski definition) is 2. The zero-order valence-corrected chi connectivity index (χ0v) is 15.4. The van der Waals surface area contributed by atoms with Gasteiger partial charge >= 0.3 is 0 Å². The van der Waals surface area contributed by atoms with Gasteiger partial charge in [0.1, 0.15) is 0 Å². The zero-order valence-electron chi connectivity index (χ0n) is 14.6.